The van der Waals surface area contributed by atoms with Crippen LogP contribution in [0.3, 0.4) is 0 Å². The normalized spacial score (nSPS) is 11.4. The fourth-order valence-electron chi connectivity index (χ4n) is 2.76. The molecule has 0 atom stereocenters. The minimum absolute atomic E-state index is 0.163. The molecule has 0 N–H and O–H groups in total. The van der Waals surface area contributed by atoms with Crippen LogP contribution in [0.1, 0.15) is 5.56 Å². The minimum Gasteiger partial charge on any atom is -0.262 e. The maximum Gasteiger partial charge on any atom is 0.264 e. The van der Waals surface area contributed by atoms with E-state index in [4.69, 9.17) is 11.6 Å². The van der Waals surface area contributed by atoms with Crippen LogP contribution in [0.25, 0.3) is 10.8 Å². The summed E-state index contributed by atoms with van der Waals surface area (Å²) in [7, 11) is -3.74. The number of sulfonamides is 1. The molecule has 0 radical (unpaired) electrons. The first-order valence-corrected chi connectivity index (χ1v) is 9.64. The van der Waals surface area contributed by atoms with Crippen LogP contribution in [0.5, 0.6) is 0 Å². The van der Waals surface area contributed by atoms with Crippen LogP contribution in [0, 0.1) is 6.92 Å². The number of anilines is 1. The lowest BCUT2D eigenvalue weighted by Gasteiger charge is -2.25. The molecule has 0 amide bonds. The summed E-state index contributed by atoms with van der Waals surface area (Å²) in [5.74, 6) is 0. The molecule has 0 aliphatic rings. The van der Waals surface area contributed by atoms with E-state index in [1.807, 2.05) is 37.3 Å². The first-order valence-electron chi connectivity index (χ1n) is 7.82. The molecular weight excluding hydrogens is 354 g/mol. The second kappa shape index (κ2) is 6.90. The molecule has 25 heavy (non-hydrogen) atoms. The Kier molecular flexibility index (Phi) is 4.84. The number of benzene rings is 3. The van der Waals surface area contributed by atoms with E-state index in [-0.39, 0.29) is 11.4 Å². The highest BCUT2D eigenvalue weighted by Gasteiger charge is 2.25. The Morgan fingerprint density at radius 2 is 1.76 bits per heavy atom. The van der Waals surface area contributed by atoms with E-state index in [2.05, 4.69) is 6.58 Å². The van der Waals surface area contributed by atoms with Gasteiger partial charge in [-0.3, -0.25) is 4.31 Å². The number of fused-ring (bicyclic) bond motifs is 1. The highest BCUT2D eigenvalue weighted by atomic mass is 35.5. The van der Waals surface area contributed by atoms with Gasteiger partial charge in [-0.25, -0.2) is 8.42 Å². The molecule has 3 aromatic rings. The quantitative estimate of drug-likeness (QED) is 0.579. The maximum absolute atomic E-state index is 13.3. The van der Waals surface area contributed by atoms with E-state index >= 15 is 0 Å². The highest BCUT2D eigenvalue weighted by Crippen LogP contribution is 2.31. The lowest BCUT2D eigenvalue weighted by Crippen LogP contribution is -2.31. The standard InChI is InChI=1S/C20H18ClNO2S/c1-3-13-22(20-10-6-9-19(21)15(20)2)25(23,24)18-12-11-16-7-4-5-8-17(16)14-18/h3-12,14H,1,13H2,2H3. The zero-order valence-electron chi connectivity index (χ0n) is 13.8. The van der Waals surface area contributed by atoms with Crippen LogP contribution in [0.15, 0.2) is 78.2 Å². The van der Waals surface area contributed by atoms with E-state index in [1.54, 1.807) is 36.4 Å². The molecular formula is C20H18ClNO2S. The fraction of sp³-hybridized carbons (Fsp3) is 0.100. The SMILES string of the molecule is C=CCN(c1cccc(Cl)c1C)S(=O)(=O)c1ccc2ccccc2c1. The first-order chi connectivity index (χ1) is 11.9. The van der Waals surface area contributed by atoms with Gasteiger partial charge >= 0.3 is 0 Å². The Morgan fingerprint density at radius 3 is 2.48 bits per heavy atom. The molecule has 3 aromatic carbocycles. The zero-order chi connectivity index (χ0) is 18.0. The summed E-state index contributed by atoms with van der Waals surface area (Å²) < 4.78 is 27.9. The highest BCUT2D eigenvalue weighted by molar-refractivity contribution is 7.92. The van der Waals surface area contributed by atoms with Crippen molar-refractivity contribution in [1.29, 1.82) is 0 Å². The summed E-state index contributed by atoms with van der Waals surface area (Å²) in [6.07, 6.45) is 1.57. The number of halogens is 1. The van der Waals surface area contributed by atoms with Gasteiger partial charge in [0.25, 0.3) is 10.0 Å². The van der Waals surface area contributed by atoms with Gasteiger partial charge in [0.2, 0.25) is 0 Å². The van der Waals surface area contributed by atoms with E-state index in [9.17, 15) is 8.42 Å². The molecule has 0 bridgehead atoms. The molecule has 3 nitrogen and oxygen atoms in total. The van der Waals surface area contributed by atoms with Gasteiger partial charge in [0.1, 0.15) is 0 Å². The van der Waals surface area contributed by atoms with Crippen molar-refractivity contribution in [2.45, 2.75) is 11.8 Å². The molecule has 5 heteroatoms. The van der Waals surface area contributed by atoms with Gasteiger partial charge in [0.15, 0.2) is 0 Å². The Bertz CT molecular complexity index is 1040. The third-order valence-corrected chi connectivity index (χ3v) is 6.30. The fourth-order valence-corrected chi connectivity index (χ4v) is 4.46. The summed E-state index contributed by atoms with van der Waals surface area (Å²) in [5.41, 5.74) is 1.27. The molecule has 3 rings (SSSR count). The van der Waals surface area contributed by atoms with E-state index in [0.29, 0.717) is 10.7 Å². The number of nitrogens with zero attached hydrogens (tertiary/aromatic N) is 1. The van der Waals surface area contributed by atoms with E-state index in [0.717, 1.165) is 16.3 Å². The van der Waals surface area contributed by atoms with Gasteiger partial charge in [0.05, 0.1) is 17.1 Å². The Hall–Kier alpha value is -2.30. The molecule has 0 aliphatic carbocycles. The Balaban J connectivity index is 2.16. The second-order valence-electron chi connectivity index (χ2n) is 5.72. The van der Waals surface area contributed by atoms with Crippen LogP contribution in [0.4, 0.5) is 5.69 Å². The van der Waals surface area contributed by atoms with Gasteiger partial charge in [-0.05, 0) is 47.5 Å². The van der Waals surface area contributed by atoms with Crippen molar-refractivity contribution in [3.05, 3.63) is 83.9 Å². The lowest BCUT2D eigenvalue weighted by molar-refractivity contribution is 0.593. The molecule has 0 saturated carbocycles. The van der Waals surface area contributed by atoms with Crippen LogP contribution >= 0.6 is 11.6 Å². The van der Waals surface area contributed by atoms with Gasteiger partial charge < -0.3 is 0 Å². The average Bonchev–Trinajstić information content (AvgIpc) is 2.62. The molecule has 0 spiro atoms. The smallest absolute Gasteiger partial charge is 0.262 e. The molecule has 0 unspecified atom stereocenters. The molecule has 0 saturated heterocycles. The van der Waals surface area contributed by atoms with Crippen LogP contribution < -0.4 is 4.31 Å². The lowest BCUT2D eigenvalue weighted by atomic mass is 10.1. The van der Waals surface area contributed by atoms with Crippen molar-refractivity contribution in [2.24, 2.45) is 0 Å². The second-order valence-corrected chi connectivity index (χ2v) is 7.99. The predicted octanol–water partition coefficient (Wildman–Crippen LogP) is 5.18. The van der Waals surface area contributed by atoms with Crippen LogP contribution in [0.2, 0.25) is 5.02 Å². The van der Waals surface area contributed by atoms with Crippen molar-refractivity contribution in [2.75, 3.05) is 10.8 Å². The minimum atomic E-state index is -3.74. The van der Waals surface area contributed by atoms with Gasteiger partial charge in [-0.2, -0.15) is 0 Å². The van der Waals surface area contributed by atoms with Crippen LogP contribution in [-0.2, 0) is 10.0 Å². The average molecular weight is 372 g/mol. The van der Waals surface area contributed by atoms with Crippen molar-refractivity contribution >= 4 is 38.1 Å². The van der Waals surface area contributed by atoms with E-state index in [1.165, 1.54) is 4.31 Å². The summed E-state index contributed by atoms with van der Waals surface area (Å²) in [5, 5.41) is 2.40. The van der Waals surface area contributed by atoms with Crippen LogP contribution in [-0.4, -0.2) is 15.0 Å². The molecule has 128 valence electrons. The largest absolute Gasteiger partial charge is 0.264 e. The third-order valence-electron chi connectivity index (χ3n) is 4.11. The Morgan fingerprint density at radius 1 is 1.04 bits per heavy atom. The number of hydrogen-bond acceptors (Lipinski definition) is 2. The van der Waals surface area contributed by atoms with Crippen molar-refractivity contribution < 1.29 is 8.42 Å². The molecule has 0 aliphatic heterocycles. The predicted molar refractivity (Wildman–Crippen MR) is 105 cm³/mol. The summed E-state index contributed by atoms with van der Waals surface area (Å²) in [6.45, 7) is 5.67. The van der Waals surface area contributed by atoms with Gasteiger partial charge in [0, 0.05) is 5.02 Å². The molecule has 0 fully saturated rings. The van der Waals surface area contributed by atoms with Crippen molar-refractivity contribution in [3.8, 4) is 0 Å². The maximum atomic E-state index is 13.3. The summed E-state index contributed by atoms with van der Waals surface area (Å²) >= 11 is 6.18. The molecule has 0 aromatic heterocycles. The summed E-state index contributed by atoms with van der Waals surface area (Å²) in [4.78, 5) is 0.243. The van der Waals surface area contributed by atoms with E-state index < -0.39 is 10.0 Å². The van der Waals surface area contributed by atoms with Crippen molar-refractivity contribution in [3.63, 3.8) is 0 Å². The third kappa shape index (κ3) is 3.28. The zero-order valence-corrected chi connectivity index (χ0v) is 15.4. The number of hydrogen-bond donors (Lipinski definition) is 0. The summed E-state index contributed by atoms with van der Waals surface area (Å²) in [6, 6.07) is 18.1. The molecule has 0 heterocycles. The van der Waals surface area contributed by atoms with Gasteiger partial charge in [-0.15, -0.1) is 6.58 Å². The Labute approximate surface area is 153 Å². The topological polar surface area (TPSA) is 37.4 Å². The monoisotopic (exact) mass is 371 g/mol. The van der Waals surface area contributed by atoms with Gasteiger partial charge in [-0.1, -0.05) is 54.1 Å². The first kappa shape index (κ1) is 17.5. The van der Waals surface area contributed by atoms with Crippen molar-refractivity contribution in [1.82, 2.24) is 0 Å². The number of rotatable bonds is 5.